The fourth-order valence-electron chi connectivity index (χ4n) is 2.13. The summed E-state index contributed by atoms with van der Waals surface area (Å²) in [6, 6.07) is 0. The van der Waals surface area contributed by atoms with Gasteiger partial charge in [0.1, 0.15) is 24.0 Å². The first-order chi connectivity index (χ1) is 9.10. The number of hydrogen-bond donors (Lipinski definition) is 2. The molecule has 3 N–H and O–H groups in total. The van der Waals surface area contributed by atoms with Gasteiger partial charge in [0.25, 0.3) is 0 Å². The number of nitrogen functional groups attached to an aromatic ring is 1. The number of halogens is 2. The molecule has 1 aliphatic heterocycles. The van der Waals surface area contributed by atoms with Crippen molar-refractivity contribution in [3.63, 3.8) is 0 Å². The van der Waals surface area contributed by atoms with Gasteiger partial charge in [0, 0.05) is 6.42 Å². The van der Waals surface area contributed by atoms with E-state index in [-0.39, 0.29) is 24.1 Å². The number of anilines is 1. The highest BCUT2D eigenvalue weighted by Gasteiger charge is 2.36. The van der Waals surface area contributed by atoms with Crippen molar-refractivity contribution in [3.05, 3.63) is 11.5 Å². The van der Waals surface area contributed by atoms with E-state index >= 15 is 0 Å². The molecular weight excluding hydrogens is 277 g/mol. The van der Waals surface area contributed by atoms with E-state index in [2.05, 4.69) is 15.0 Å². The maximum Gasteiger partial charge on any atom is 0.223 e. The zero-order chi connectivity index (χ0) is 13.6. The molecule has 3 heterocycles. The zero-order valence-electron chi connectivity index (χ0n) is 9.70. The van der Waals surface area contributed by atoms with Gasteiger partial charge >= 0.3 is 0 Å². The fraction of sp³-hybridized carbons (Fsp3) is 0.500. The van der Waals surface area contributed by atoms with Crippen molar-refractivity contribution in [2.75, 3.05) is 12.3 Å². The molecule has 1 saturated heterocycles. The highest BCUT2D eigenvalue weighted by molar-refractivity contribution is 6.33. The number of nitrogens with zero attached hydrogens (tertiary/aromatic N) is 4. The summed E-state index contributed by atoms with van der Waals surface area (Å²) in [6.45, 7) is -0.373. The monoisotopic (exact) mass is 287 g/mol. The standard InChI is InChI=1S/C10H11ClFN5O2/c11-8-7-9(16-10(13)15-8)17(3-14-7)6-1-4(12)5(2-18)19-6/h3-6,18H,1-2H2,(H2,13,15,16)/t4-,5+,6+/m0/s1. The van der Waals surface area contributed by atoms with Crippen LogP contribution in [0, 0.1) is 0 Å². The van der Waals surface area contributed by atoms with Crippen LogP contribution in [0.25, 0.3) is 11.2 Å². The molecule has 3 atom stereocenters. The molecule has 7 nitrogen and oxygen atoms in total. The van der Waals surface area contributed by atoms with Crippen LogP contribution >= 0.6 is 11.6 Å². The van der Waals surface area contributed by atoms with Gasteiger partial charge in [0.05, 0.1) is 12.9 Å². The summed E-state index contributed by atoms with van der Waals surface area (Å²) in [5.41, 5.74) is 6.29. The van der Waals surface area contributed by atoms with Crippen molar-refractivity contribution in [3.8, 4) is 0 Å². The minimum atomic E-state index is -1.23. The Balaban J connectivity index is 2.02. The van der Waals surface area contributed by atoms with Gasteiger partial charge in [0.2, 0.25) is 5.95 Å². The predicted molar refractivity (Wildman–Crippen MR) is 65.3 cm³/mol. The number of rotatable bonds is 2. The molecule has 0 saturated carbocycles. The van der Waals surface area contributed by atoms with Crippen LogP contribution in [-0.4, -0.2) is 43.5 Å². The van der Waals surface area contributed by atoms with Crippen LogP contribution in [-0.2, 0) is 4.74 Å². The Morgan fingerprint density at radius 3 is 3.05 bits per heavy atom. The second-order valence-electron chi connectivity index (χ2n) is 4.26. The lowest BCUT2D eigenvalue weighted by atomic mass is 10.2. The van der Waals surface area contributed by atoms with Crippen molar-refractivity contribution in [2.45, 2.75) is 24.9 Å². The van der Waals surface area contributed by atoms with Crippen molar-refractivity contribution in [2.24, 2.45) is 0 Å². The Morgan fingerprint density at radius 2 is 2.37 bits per heavy atom. The summed E-state index contributed by atoms with van der Waals surface area (Å²) in [6.07, 6.45) is -1.11. The summed E-state index contributed by atoms with van der Waals surface area (Å²) < 4.78 is 20.5. The van der Waals surface area contributed by atoms with Crippen molar-refractivity contribution in [1.82, 2.24) is 19.5 Å². The van der Waals surface area contributed by atoms with Gasteiger partial charge in [0.15, 0.2) is 10.8 Å². The Morgan fingerprint density at radius 1 is 1.58 bits per heavy atom. The molecule has 1 aliphatic rings. The largest absolute Gasteiger partial charge is 0.394 e. The number of aliphatic hydroxyl groups is 1. The van der Waals surface area contributed by atoms with E-state index < -0.39 is 18.5 Å². The molecule has 9 heteroatoms. The second kappa shape index (κ2) is 4.55. The van der Waals surface area contributed by atoms with Crippen molar-refractivity contribution >= 4 is 28.7 Å². The molecule has 19 heavy (non-hydrogen) atoms. The zero-order valence-corrected chi connectivity index (χ0v) is 10.5. The molecule has 0 aliphatic carbocycles. The number of aliphatic hydroxyl groups excluding tert-OH is 1. The smallest absolute Gasteiger partial charge is 0.223 e. The van der Waals surface area contributed by atoms with Crippen LogP contribution in [0.5, 0.6) is 0 Å². The van der Waals surface area contributed by atoms with Crippen molar-refractivity contribution < 1.29 is 14.2 Å². The quantitative estimate of drug-likeness (QED) is 0.788. The van der Waals surface area contributed by atoms with E-state index in [1.54, 1.807) is 4.57 Å². The third-order valence-electron chi connectivity index (χ3n) is 3.05. The number of hydrogen-bond acceptors (Lipinski definition) is 6. The first-order valence-corrected chi connectivity index (χ1v) is 6.04. The average molecular weight is 288 g/mol. The molecule has 1 fully saturated rings. The Hall–Kier alpha value is -1.51. The van der Waals surface area contributed by atoms with Crippen LogP contribution in [0.1, 0.15) is 12.6 Å². The first kappa shape index (κ1) is 12.5. The number of fused-ring (bicyclic) bond motifs is 1. The van der Waals surface area contributed by atoms with Gasteiger partial charge < -0.3 is 15.6 Å². The first-order valence-electron chi connectivity index (χ1n) is 5.66. The summed E-state index contributed by atoms with van der Waals surface area (Å²) in [4.78, 5) is 11.9. The Kier molecular flexibility index (Phi) is 3.00. The maximum absolute atomic E-state index is 13.6. The number of nitrogens with two attached hydrogens (primary N) is 1. The second-order valence-corrected chi connectivity index (χ2v) is 4.62. The van der Waals surface area contributed by atoms with Crippen LogP contribution in [0.4, 0.5) is 10.3 Å². The molecule has 2 aromatic heterocycles. The maximum atomic E-state index is 13.6. The highest BCUT2D eigenvalue weighted by atomic mass is 35.5. The third kappa shape index (κ3) is 2.01. The van der Waals surface area contributed by atoms with Gasteiger partial charge in [-0.1, -0.05) is 11.6 Å². The summed E-state index contributed by atoms with van der Waals surface area (Å²) in [5.74, 6) is 0.00718. The van der Waals surface area contributed by atoms with Gasteiger partial charge in [-0.25, -0.2) is 9.37 Å². The average Bonchev–Trinajstić information content (AvgIpc) is 2.92. The third-order valence-corrected chi connectivity index (χ3v) is 3.31. The summed E-state index contributed by atoms with van der Waals surface area (Å²) >= 11 is 5.91. The van der Waals surface area contributed by atoms with Gasteiger partial charge in [-0.3, -0.25) is 4.57 Å². The normalized spacial score (nSPS) is 27.2. The predicted octanol–water partition coefficient (Wildman–Crippen LogP) is 0.680. The van der Waals surface area contributed by atoms with E-state index in [0.717, 1.165) is 0 Å². The molecule has 2 aromatic rings. The number of alkyl halides is 1. The molecule has 0 unspecified atom stereocenters. The minimum Gasteiger partial charge on any atom is -0.394 e. The van der Waals surface area contributed by atoms with Crippen LogP contribution < -0.4 is 5.73 Å². The Labute approximate surface area is 112 Å². The number of ether oxygens (including phenoxy) is 1. The summed E-state index contributed by atoms with van der Waals surface area (Å²) in [5, 5.41) is 9.13. The topological polar surface area (TPSA) is 99.1 Å². The molecule has 0 amide bonds. The minimum absolute atomic E-state index is 0.00718. The Bertz CT molecular complexity index is 621. The van der Waals surface area contributed by atoms with E-state index in [9.17, 15) is 4.39 Å². The highest BCUT2D eigenvalue weighted by Crippen LogP contribution is 2.33. The molecule has 0 radical (unpaired) electrons. The molecular formula is C10H11ClFN5O2. The van der Waals surface area contributed by atoms with E-state index in [1.165, 1.54) is 6.33 Å². The summed E-state index contributed by atoms with van der Waals surface area (Å²) in [7, 11) is 0. The molecule has 3 rings (SSSR count). The lowest BCUT2D eigenvalue weighted by Crippen LogP contribution is -2.21. The van der Waals surface area contributed by atoms with Gasteiger partial charge in [-0.15, -0.1) is 0 Å². The lowest BCUT2D eigenvalue weighted by molar-refractivity contribution is -0.0323. The van der Waals surface area contributed by atoms with E-state index in [4.69, 9.17) is 27.2 Å². The fourth-order valence-corrected chi connectivity index (χ4v) is 2.35. The molecule has 0 bridgehead atoms. The number of imidazole rings is 1. The lowest BCUT2D eigenvalue weighted by Gasteiger charge is -2.13. The number of aromatic nitrogens is 4. The van der Waals surface area contributed by atoms with Gasteiger partial charge in [-0.05, 0) is 0 Å². The molecule has 0 aromatic carbocycles. The van der Waals surface area contributed by atoms with Gasteiger partial charge in [-0.2, -0.15) is 9.97 Å². The van der Waals surface area contributed by atoms with Crippen molar-refractivity contribution in [1.29, 1.82) is 0 Å². The van der Waals surface area contributed by atoms with Crippen LogP contribution in [0.2, 0.25) is 5.15 Å². The molecule has 102 valence electrons. The van der Waals surface area contributed by atoms with Crippen LogP contribution in [0.15, 0.2) is 6.33 Å². The van der Waals surface area contributed by atoms with E-state index in [1.807, 2.05) is 0 Å². The van der Waals surface area contributed by atoms with E-state index in [0.29, 0.717) is 11.2 Å². The van der Waals surface area contributed by atoms with Crippen LogP contribution in [0.3, 0.4) is 0 Å². The SMILES string of the molecule is Nc1nc(Cl)c2ncn([C@H]3C[C@H](F)[C@@H](CO)O3)c2n1. The molecule has 0 spiro atoms.